The molecule has 0 aliphatic carbocycles. The van der Waals surface area contributed by atoms with E-state index < -0.39 is 34.4 Å². The van der Waals surface area contributed by atoms with Crippen LogP contribution in [0.4, 0.5) is 0 Å². The molecule has 1 aromatic carbocycles. The lowest BCUT2D eigenvalue weighted by atomic mass is 10.2. The van der Waals surface area contributed by atoms with Crippen molar-refractivity contribution in [1.82, 2.24) is 9.62 Å². The van der Waals surface area contributed by atoms with Crippen LogP contribution in [0.3, 0.4) is 0 Å². The lowest BCUT2D eigenvalue weighted by Gasteiger charge is -2.18. The highest BCUT2D eigenvalue weighted by Crippen LogP contribution is 2.16. The number of imide groups is 1. The van der Waals surface area contributed by atoms with Gasteiger partial charge in [-0.2, -0.15) is 4.31 Å². The van der Waals surface area contributed by atoms with Crippen molar-refractivity contribution in [3.05, 3.63) is 58.3 Å². The van der Waals surface area contributed by atoms with Gasteiger partial charge in [-0.3, -0.25) is 14.9 Å². The van der Waals surface area contributed by atoms with Crippen LogP contribution in [0.5, 0.6) is 0 Å². The second-order valence-corrected chi connectivity index (χ2v) is 8.84. The van der Waals surface area contributed by atoms with Gasteiger partial charge in [-0.25, -0.2) is 13.2 Å². The number of carbonyl (C=O) groups is 3. The fourth-order valence-corrected chi connectivity index (χ4v) is 4.52. The van der Waals surface area contributed by atoms with Gasteiger partial charge < -0.3 is 4.74 Å². The number of nitrogens with one attached hydrogen (secondary N) is 1. The highest BCUT2D eigenvalue weighted by molar-refractivity contribution is 7.89. The van der Waals surface area contributed by atoms with Gasteiger partial charge in [0.05, 0.1) is 9.77 Å². The van der Waals surface area contributed by atoms with Crippen molar-refractivity contribution < 1.29 is 27.5 Å². The summed E-state index contributed by atoms with van der Waals surface area (Å²) in [5.41, 5.74) is 0.586. The predicted molar refractivity (Wildman–Crippen MR) is 113 cm³/mol. The average molecular weight is 451 g/mol. The normalized spacial score (nSPS) is 11.6. The fraction of sp³-hybridized carbons (Fsp3) is 0.250. The van der Waals surface area contributed by atoms with E-state index in [-0.39, 0.29) is 4.90 Å². The Bertz CT molecular complexity index is 1010. The molecule has 0 saturated carbocycles. The number of hydrogen-bond acceptors (Lipinski definition) is 7. The summed E-state index contributed by atoms with van der Waals surface area (Å²) in [4.78, 5) is 35.7. The summed E-state index contributed by atoms with van der Waals surface area (Å²) in [6.07, 6.45) is 2.55. The lowest BCUT2D eigenvalue weighted by molar-refractivity contribution is -0.143. The molecule has 1 aromatic heterocycles. The van der Waals surface area contributed by atoms with Gasteiger partial charge in [0.15, 0.2) is 6.61 Å². The molecule has 0 radical (unpaired) electrons. The van der Waals surface area contributed by atoms with E-state index in [2.05, 4.69) is 5.32 Å². The first-order valence-electron chi connectivity index (χ1n) is 9.10. The van der Waals surface area contributed by atoms with Crippen LogP contribution in [0.2, 0.25) is 0 Å². The van der Waals surface area contributed by atoms with Crippen LogP contribution in [0.1, 0.15) is 29.1 Å². The Balaban J connectivity index is 1.87. The van der Waals surface area contributed by atoms with E-state index >= 15 is 0 Å². The monoisotopic (exact) mass is 450 g/mol. The summed E-state index contributed by atoms with van der Waals surface area (Å²) < 4.78 is 31.0. The minimum Gasteiger partial charge on any atom is -0.452 e. The van der Waals surface area contributed by atoms with Crippen molar-refractivity contribution in [3.8, 4) is 0 Å². The molecular formula is C20H22N2O6S2. The summed E-state index contributed by atoms with van der Waals surface area (Å²) in [5.74, 6) is -2.06. The zero-order valence-electron chi connectivity index (χ0n) is 16.5. The molecule has 2 aromatic rings. The molecule has 30 heavy (non-hydrogen) atoms. The number of rotatable bonds is 9. The van der Waals surface area contributed by atoms with E-state index in [1.165, 1.54) is 33.9 Å². The van der Waals surface area contributed by atoms with E-state index in [1.54, 1.807) is 43.5 Å². The molecule has 0 bridgehead atoms. The molecule has 0 fully saturated rings. The molecule has 0 aliphatic rings. The van der Waals surface area contributed by atoms with Crippen LogP contribution in [-0.4, -0.2) is 50.2 Å². The van der Waals surface area contributed by atoms with E-state index in [0.717, 1.165) is 6.08 Å². The number of sulfonamides is 1. The molecule has 0 spiro atoms. The molecule has 10 heteroatoms. The summed E-state index contributed by atoms with van der Waals surface area (Å²) in [6.45, 7) is 3.68. The number of benzene rings is 1. The number of ether oxygens (including phenoxy) is 1. The minimum absolute atomic E-state index is 0.165. The maximum atomic E-state index is 12.4. The first kappa shape index (κ1) is 23.5. The van der Waals surface area contributed by atoms with Gasteiger partial charge in [0.25, 0.3) is 11.8 Å². The Morgan fingerprint density at radius 3 is 2.33 bits per heavy atom. The van der Waals surface area contributed by atoms with Crippen molar-refractivity contribution in [3.63, 3.8) is 0 Å². The van der Waals surface area contributed by atoms with Crippen molar-refractivity contribution >= 4 is 45.2 Å². The highest BCUT2D eigenvalue weighted by atomic mass is 32.2. The summed E-state index contributed by atoms with van der Waals surface area (Å²) in [5, 5.41) is 3.82. The smallest absolute Gasteiger partial charge is 0.331 e. The number of amides is 2. The summed E-state index contributed by atoms with van der Waals surface area (Å²) in [6, 6.07) is 9.30. The van der Waals surface area contributed by atoms with Crippen LogP contribution in [0.15, 0.2) is 52.7 Å². The quantitative estimate of drug-likeness (QED) is 0.464. The highest BCUT2D eigenvalue weighted by Gasteiger charge is 2.21. The van der Waals surface area contributed by atoms with Crippen molar-refractivity contribution in [2.24, 2.45) is 0 Å². The lowest BCUT2D eigenvalue weighted by Crippen LogP contribution is -2.33. The molecule has 2 rings (SSSR count). The van der Waals surface area contributed by atoms with Gasteiger partial charge in [0, 0.05) is 19.2 Å². The van der Waals surface area contributed by atoms with Gasteiger partial charge in [0.1, 0.15) is 0 Å². The number of esters is 1. The van der Waals surface area contributed by atoms with Crippen LogP contribution in [0.25, 0.3) is 6.08 Å². The third-order valence-corrected chi connectivity index (χ3v) is 6.91. The maximum Gasteiger partial charge on any atom is 0.331 e. The van der Waals surface area contributed by atoms with E-state index in [0.29, 0.717) is 23.5 Å². The van der Waals surface area contributed by atoms with E-state index in [4.69, 9.17) is 4.74 Å². The Kier molecular flexibility index (Phi) is 8.46. The molecule has 8 nitrogen and oxygen atoms in total. The summed E-state index contributed by atoms with van der Waals surface area (Å²) >= 11 is 1.19. The van der Waals surface area contributed by atoms with Crippen molar-refractivity contribution in [1.29, 1.82) is 0 Å². The molecule has 0 atom stereocenters. The number of thiophene rings is 1. The molecule has 2 amide bonds. The Hall–Kier alpha value is -2.82. The van der Waals surface area contributed by atoms with E-state index in [9.17, 15) is 22.8 Å². The first-order valence-corrected chi connectivity index (χ1v) is 11.4. The summed E-state index contributed by atoms with van der Waals surface area (Å²) in [7, 11) is -3.55. The van der Waals surface area contributed by atoms with Gasteiger partial charge in [-0.05, 0) is 35.2 Å². The van der Waals surface area contributed by atoms with Crippen LogP contribution < -0.4 is 5.32 Å². The number of hydrogen-bond donors (Lipinski definition) is 1. The van der Waals surface area contributed by atoms with Crippen LogP contribution in [0, 0.1) is 0 Å². The maximum absolute atomic E-state index is 12.4. The molecule has 0 unspecified atom stereocenters. The standard InChI is InChI=1S/C20H22N2O6S2/c1-3-22(4-2)30(26,27)16-10-7-15(8-11-16)9-12-19(24)28-14-18(23)21-20(25)17-6-5-13-29-17/h5-13H,3-4,14H2,1-2H3,(H,21,23,25)/b12-9+. The van der Waals surface area contributed by atoms with Crippen LogP contribution in [-0.2, 0) is 24.3 Å². The zero-order valence-corrected chi connectivity index (χ0v) is 18.2. The molecule has 1 heterocycles. The Morgan fingerprint density at radius 1 is 1.10 bits per heavy atom. The molecule has 160 valence electrons. The third kappa shape index (κ3) is 6.34. The Morgan fingerprint density at radius 2 is 1.77 bits per heavy atom. The fourth-order valence-electron chi connectivity index (χ4n) is 2.44. The Labute approximate surface area is 179 Å². The number of nitrogens with zero attached hydrogens (tertiary/aromatic N) is 1. The second kappa shape index (κ2) is 10.8. The topological polar surface area (TPSA) is 110 Å². The van der Waals surface area contributed by atoms with Gasteiger partial charge in [0.2, 0.25) is 10.0 Å². The largest absolute Gasteiger partial charge is 0.452 e. The SMILES string of the molecule is CCN(CC)S(=O)(=O)c1ccc(/C=C/C(=O)OCC(=O)NC(=O)c2cccs2)cc1. The van der Waals surface area contributed by atoms with E-state index in [1.807, 2.05) is 0 Å². The van der Waals surface area contributed by atoms with Crippen molar-refractivity contribution in [2.75, 3.05) is 19.7 Å². The van der Waals surface area contributed by atoms with Gasteiger partial charge in [-0.15, -0.1) is 11.3 Å². The van der Waals surface area contributed by atoms with Gasteiger partial charge >= 0.3 is 5.97 Å². The van der Waals surface area contributed by atoms with Crippen LogP contribution >= 0.6 is 11.3 Å². The van der Waals surface area contributed by atoms with Gasteiger partial charge in [-0.1, -0.05) is 32.0 Å². The third-order valence-electron chi connectivity index (χ3n) is 3.98. The molecular weight excluding hydrogens is 428 g/mol. The molecule has 0 saturated heterocycles. The zero-order chi connectivity index (χ0) is 22.1. The molecule has 0 aliphatic heterocycles. The molecule has 1 N–H and O–H groups in total. The minimum atomic E-state index is -3.55. The predicted octanol–water partition coefficient (Wildman–Crippen LogP) is 2.29. The number of carbonyl (C=O) groups excluding carboxylic acids is 3. The average Bonchev–Trinajstić information content (AvgIpc) is 3.27. The second-order valence-electron chi connectivity index (χ2n) is 5.95. The first-order chi connectivity index (χ1) is 14.3. The van der Waals surface area contributed by atoms with Crippen molar-refractivity contribution in [2.45, 2.75) is 18.7 Å².